The number of rotatable bonds is 3. The number of hydrogen-bond acceptors (Lipinski definition) is 3. The maximum absolute atomic E-state index is 13.2. The number of halogens is 3. The van der Waals surface area contributed by atoms with Gasteiger partial charge in [-0.05, 0) is 68.6 Å². The Bertz CT molecular complexity index is 748. The van der Waals surface area contributed by atoms with Crippen molar-refractivity contribution in [1.29, 1.82) is 0 Å². The Morgan fingerprint density at radius 1 is 1.00 bits per heavy atom. The van der Waals surface area contributed by atoms with E-state index in [1.54, 1.807) is 4.90 Å². The summed E-state index contributed by atoms with van der Waals surface area (Å²) in [5.41, 5.74) is -0.789. The minimum Gasteiger partial charge on any atom is -0.390 e. The lowest BCUT2D eigenvalue weighted by molar-refractivity contribution is -0.206. The van der Waals surface area contributed by atoms with Crippen LogP contribution < -0.4 is 4.90 Å². The molecule has 2 N–H and O–H groups in total. The minimum absolute atomic E-state index is 0.00934. The zero-order valence-corrected chi connectivity index (χ0v) is 16.4. The van der Waals surface area contributed by atoms with Gasteiger partial charge in [0.15, 0.2) is 6.10 Å². The van der Waals surface area contributed by atoms with Gasteiger partial charge in [-0.25, -0.2) is 0 Å². The van der Waals surface area contributed by atoms with Gasteiger partial charge in [0.1, 0.15) is 0 Å². The summed E-state index contributed by atoms with van der Waals surface area (Å²) in [6, 6.07) is 5.40. The summed E-state index contributed by atoms with van der Waals surface area (Å²) in [5, 5.41) is 20.5. The molecular formula is C22H28F3NO3. The lowest BCUT2D eigenvalue weighted by Crippen LogP contribution is -2.46. The van der Waals surface area contributed by atoms with E-state index in [0.29, 0.717) is 50.3 Å². The van der Waals surface area contributed by atoms with Gasteiger partial charge in [-0.15, -0.1) is 0 Å². The maximum atomic E-state index is 13.2. The van der Waals surface area contributed by atoms with Gasteiger partial charge < -0.3 is 15.1 Å². The maximum Gasteiger partial charge on any atom is 0.418 e. The second-order valence-electron chi connectivity index (χ2n) is 9.11. The van der Waals surface area contributed by atoms with E-state index in [9.17, 15) is 28.2 Å². The highest BCUT2D eigenvalue weighted by Crippen LogP contribution is 2.52. The van der Waals surface area contributed by atoms with Crippen molar-refractivity contribution in [2.24, 2.45) is 11.3 Å². The first-order chi connectivity index (χ1) is 13.6. The monoisotopic (exact) mass is 411 g/mol. The summed E-state index contributed by atoms with van der Waals surface area (Å²) < 4.78 is 38.0. The van der Waals surface area contributed by atoms with Crippen LogP contribution >= 0.6 is 0 Å². The molecule has 1 amide bonds. The number of alkyl halides is 3. The van der Waals surface area contributed by atoms with Crippen LogP contribution in [0.25, 0.3) is 0 Å². The Morgan fingerprint density at radius 2 is 1.59 bits per heavy atom. The summed E-state index contributed by atoms with van der Waals surface area (Å²) in [6.07, 6.45) is 0.575. The fourth-order valence-electron chi connectivity index (χ4n) is 5.59. The molecule has 1 spiro atoms. The Hall–Kier alpha value is -1.60. The molecule has 3 aliphatic rings. The number of aliphatic hydroxyl groups excluding tert-OH is 1. The largest absolute Gasteiger partial charge is 0.418 e. The van der Waals surface area contributed by atoms with Crippen molar-refractivity contribution in [2.75, 3.05) is 11.4 Å². The third-order valence-corrected chi connectivity index (χ3v) is 7.53. The molecule has 1 aliphatic heterocycles. The van der Waals surface area contributed by atoms with Crippen LogP contribution in [-0.4, -0.2) is 34.4 Å². The molecule has 160 valence electrons. The zero-order chi connectivity index (χ0) is 20.9. The molecule has 4 nitrogen and oxygen atoms in total. The van der Waals surface area contributed by atoms with Gasteiger partial charge >= 0.3 is 6.18 Å². The molecule has 1 aromatic rings. The quantitative estimate of drug-likeness (QED) is 0.770. The summed E-state index contributed by atoms with van der Waals surface area (Å²) >= 11 is 0. The fourth-order valence-corrected chi connectivity index (χ4v) is 5.59. The molecule has 1 saturated heterocycles. The lowest BCUT2D eigenvalue weighted by atomic mass is 9.64. The van der Waals surface area contributed by atoms with E-state index in [2.05, 4.69) is 0 Å². The molecule has 3 fully saturated rings. The van der Waals surface area contributed by atoms with Gasteiger partial charge in [-0.3, -0.25) is 4.79 Å². The predicted molar refractivity (Wildman–Crippen MR) is 102 cm³/mol. The van der Waals surface area contributed by atoms with E-state index in [1.165, 1.54) is 37.1 Å². The number of anilines is 1. The van der Waals surface area contributed by atoms with Crippen LogP contribution in [-0.2, 0) is 4.79 Å². The third kappa shape index (κ3) is 3.67. The van der Waals surface area contributed by atoms with E-state index in [0.717, 1.165) is 12.8 Å². The smallest absolute Gasteiger partial charge is 0.390 e. The van der Waals surface area contributed by atoms with E-state index >= 15 is 0 Å². The first-order valence-corrected chi connectivity index (χ1v) is 10.5. The van der Waals surface area contributed by atoms with Gasteiger partial charge in [0.2, 0.25) is 5.91 Å². The van der Waals surface area contributed by atoms with E-state index in [1.807, 2.05) is 0 Å². The molecule has 2 aliphatic carbocycles. The normalized spacial score (nSPS) is 32.3. The molecule has 2 saturated carbocycles. The fraction of sp³-hybridized carbons (Fsp3) is 0.682. The van der Waals surface area contributed by atoms with Gasteiger partial charge in [-0.2, -0.15) is 13.2 Å². The Kier molecular flexibility index (Phi) is 5.18. The first kappa shape index (κ1) is 20.7. The molecule has 0 radical (unpaired) electrons. The number of hydrogen-bond donors (Lipinski definition) is 2. The average Bonchev–Trinajstić information content (AvgIpc) is 3.34. The van der Waals surface area contributed by atoms with E-state index < -0.39 is 23.3 Å². The number of carbonyl (C=O) groups is 1. The van der Waals surface area contributed by atoms with E-state index in [4.69, 9.17) is 0 Å². The molecule has 29 heavy (non-hydrogen) atoms. The Balaban J connectivity index is 1.44. The van der Waals surface area contributed by atoms with Crippen LogP contribution in [0.3, 0.4) is 0 Å². The van der Waals surface area contributed by atoms with Crippen molar-refractivity contribution in [3.05, 3.63) is 29.8 Å². The first-order valence-electron chi connectivity index (χ1n) is 10.5. The van der Waals surface area contributed by atoms with Crippen LogP contribution in [0.5, 0.6) is 0 Å². The van der Waals surface area contributed by atoms with Gasteiger partial charge in [0.25, 0.3) is 0 Å². The molecule has 4 rings (SSSR count). The number of aliphatic hydroxyl groups is 2. The van der Waals surface area contributed by atoms with Crippen LogP contribution in [0.4, 0.5) is 18.9 Å². The average molecular weight is 411 g/mol. The van der Waals surface area contributed by atoms with Crippen molar-refractivity contribution in [3.8, 4) is 0 Å². The highest BCUT2D eigenvalue weighted by atomic mass is 19.4. The lowest BCUT2D eigenvalue weighted by Gasteiger charge is -2.44. The third-order valence-electron chi connectivity index (χ3n) is 7.53. The molecule has 0 unspecified atom stereocenters. The second kappa shape index (κ2) is 7.27. The number of benzene rings is 1. The van der Waals surface area contributed by atoms with Crippen molar-refractivity contribution in [1.82, 2.24) is 0 Å². The summed E-state index contributed by atoms with van der Waals surface area (Å²) in [5.74, 6) is 0.357. The van der Waals surface area contributed by atoms with Crippen LogP contribution in [0, 0.1) is 11.3 Å². The topological polar surface area (TPSA) is 60.8 Å². The Labute approximate surface area is 168 Å². The van der Waals surface area contributed by atoms with E-state index in [-0.39, 0.29) is 11.5 Å². The highest BCUT2D eigenvalue weighted by molar-refractivity contribution is 6.00. The zero-order valence-electron chi connectivity index (χ0n) is 16.4. The van der Waals surface area contributed by atoms with Crippen LogP contribution in [0.15, 0.2) is 24.3 Å². The minimum atomic E-state index is -4.72. The molecule has 0 bridgehead atoms. The standard InChI is InChI=1S/C22H28F3NO3/c23-22(24,25)18(27)15-5-7-17(8-6-15)26-14-13-20(19(26)28)9-11-21(29,12-10-20)16-3-1-2-4-16/h5-8,16,18,27,29H,1-4,9-14H2/t18-,20-,21-/m1/s1. The number of nitrogens with zero attached hydrogens (tertiary/aromatic N) is 1. The van der Waals surface area contributed by atoms with Crippen LogP contribution in [0.2, 0.25) is 0 Å². The van der Waals surface area contributed by atoms with Crippen molar-refractivity contribution < 1.29 is 28.2 Å². The summed E-state index contributed by atoms with van der Waals surface area (Å²) in [7, 11) is 0. The molecule has 1 atom stereocenters. The molecule has 7 heteroatoms. The predicted octanol–water partition coefficient (Wildman–Crippen LogP) is 4.50. The van der Waals surface area contributed by atoms with Crippen LogP contribution in [0.1, 0.15) is 69.5 Å². The summed E-state index contributed by atoms with van der Waals surface area (Å²) in [4.78, 5) is 14.9. The van der Waals surface area contributed by atoms with Crippen molar-refractivity contribution in [3.63, 3.8) is 0 Å². The molecule has 1 heterocycles. The van der Waals surface area contributed by atoms with Crippen molar-refractivity contribution in [2.45, 2.75) is 75.7 Å². The second-order valence-corrected chi connectivity index (χ2v) is 9.11. The summed E-state index contributed by atoms with van der Waals surface area (Å²) in [6.45, 7) is 0.530. The molecule has 0 aromatic heterocycles. The Morgan fingerprint density at radius 3 is 2.14 bits per heavy atom. The molecule has 1 aromatic carbocycles. The number of amides is 1. The van der Waals surface area contributed by atoms with Gasteiger partial charge in [-0.1, -0.05) is 25.0 Å². The van der Waals surface area contributed by atoms with Gasteiger partial charge in [0.05, 0.1) is 11.0 Å². The van der Waals surface area contributed by atoms with Gasteiger partial charge in [0, 0.05) is 12.2 Å². The SMILES string of the molecule is O=C1N(c2ccc([C@@H](O)C(F)(F)F)cc2)CC[C@]12CC[C@](O)(C1CCCC1)CC2. The number of carbonyl (C=O) groups excluding carboxylic acids is 1. The highest BCUT2D eigenvalue weighted by Gasteiger charge is 2.53. The molecular weight excluding hydrogens is 383 g/mol. The van der Waals surface area contributed by atoms with Crippen molar-refractivity contribution >= 4 is 11.6 Å².